The van der Waals surface area contributed by atoms with Crippen molar-refractivity contribution in [2.45, 2.75) is 0 Å². The van der Waals surface area contributed by atoms with E-state index >= 15 is 0 Å². The summed E-state index contributed by atoms with van der Waals surface area (Å²) in [5, 5.41) is 36.1. The minimum absolute atomic E-state index is 0.523. The second kappa shape index (κ2) is 21.8. The molecule has 2 N–H and O–H groups in total. The highest BCUT2D eigenvalue weighted by Crippen LogP contribution is 2.41. The van der Waals surface area contributed by atoms with Gasteiger partial charge in [-0.1, -0.05) is 146 Å². The first-order valence-electron chi connectivity index (χ1n) is 28.3. The monoisotopic (exact) mass is 1330 g/mol. The van der Waals surface area contributed by atoms with Crippen LogP contribution in [-0.2, 0) is 0 Å². The molecule has 0 radical (unpaired) electrons. The van der Waals surface area contributed by atoms with E-state index in [2.05, 4.69) is 211 Å². The number of nitrogens with zero attached hydrogens (tertiary/aromatic N) is 10. The molecule has 0 aliphatic rings. The lowest BCUT2D eigenvalue weighted by molar-refractivity contribution is 0.426. The van der Waals surface area contributed by atoms with Crippen molar-refractivity contribution in [1.82, 2.24) is 49.0 Å². The number of pyridine rings is 4. The Hall–Kier alpha value is -9.94. The van der Waals surface area contributed by atoms with Crippen LogP contribution in [0.2, 0.25) is 0 Å². The number of hydrogen-bond donors (Lipinski definition) is 2. The van der Waals surface area contributed by atoms with Crippen molar-refractivity contribution >= 4 is 191 Å². The number of fused-ring (bicyclic) bond motifs is 16. The molecule has 0 fully saturated rings. The van der Waals surface area contributed by atoms with Gasteiger partial charge < -0.3 is 10.0 Å². The molecule has 0 unspecified atom stereocenters. The lowest BCUT2D eigenvalue weighted by Crippen LogP contribution is -2.31. The van der Waals surface area contributed by atoms with Crippen molar-refractivity contribution in [3.05, 3.63) is 257 Å². The Morgan fingerprint density at radius 3 is 1.22 bits per heavy atom. The number of hydrogen-bond acceptors (Lipinski definition) is 10. The maximum atomic E-state index is 9.58. The lowest BCUT2D eigenvalue weighted by atomic mass is 9.74. The molecule has 8 aromatic heterocycles. The Morgan fingerprint density at radius 2 is 0.716 bits per heavy atom. The molecule has 0 atom stereocenters. The van der Waals surface area contributed by atoms with Crippen molar-refractivity contribution in [1.29, 1.82) is 0 Å². The van der Waals surface area contributed by atoms with Gasteiger partial charge in [-0.15, -0.1) is 0 Å². The first kappa shape index (κ1) is 53.5. The van der Waals surface area contributed by atoms with Gasteiger partial charge >= 0.3 is 7.12 Å². The number of benzene rings is 10. The topological polar surface area (TPSA) is 153 Å². The zero-order valence-corrected chi connectivity index (χ0v) is 50.9. The first-order chi connectivity index (χ1) is 43.2. The summed E-state index contributed by atoms with van der Waals surface area (Å²) in [6.45, 7) is 0. The van der Waals surface area contributed by atoms with Crippen LogP contribution >= 0.6 is 47.8 Å². The maximum absolute atomic E-state index is 9.58. The summed E-state index contributed by atoms with van der Waals surface area (Å²) in [6, 6.07) is 78.2. The van der Waals surface area contributed by atoms with Crippen LogP contribution in [0.1, 0.15) is 0 Å². The van der Waals surface area contributed by atoms with E-state index in [0.717, 1.165) is 147 Å². The third-order valence-electron chi connectivity index (χ3n) is 16.3. The molecule has 0 saturated carbocycles. The Bertz CT molecular complexity index is 5690. The molecule has 0 saturated heterocycles. The molecule has 18 aromatic rings. The fraction of sp³-hybridized carbons (Fsp3) is 0. The maximum Gasteiger partial charge on any atom is 0.489 e. The van der Waals surface area contributed by atoms with Crippen molar-refractivity contribution in [2.75, 3.05) is 0 Å². The van der Waals surface area contributed by atoms with Crippen LogP contribution < -0.4 is 5.46 Å². The molecular formula is C72H42BBr3N10O2. The number of halogens is 3. The molecule has 0 spiro atoms. The first-order valence-corrected chi connectivity index (χ1v) is 30.7. The second-order valence-electron chi connectivity index (χ2n) is 21.3. The van der Waals surface area contributed by atoms with Crippen LogP contribution in [-0.4, -0.2) is 66.2 Å². The molecule has 0 bridgehead atoms. The molecule has 18 rings (SSSR count). The van der Waals surface area contributed by atoms with E-state index in [-0.39, 0.29) is 0 Å². The molecule has 0 amide bonds. The Kier molecular flexibility index (Phi) is 13.3. The van der Waals surface area contributed by atoms with E-state index in [1.54, 1.807) is 0 Å². The summed E-state index contributed by atoms with van der Waals surface area (Å²) in [5.74, 6) is 1.60. The third kappa shape index (κ3) is 9.01. The van der Waals surface area contributed by atoms with E-state index in [4.69, 9.17) is 24.9 Å². The Labute approximate surface area is 526 Å². The van der Waals surface area contributed by atoms with Gasteiger partial charge in [0.05, 0.1) is 27.8 Å². The van der Waals surface area contributed by atoms with Crippen LogP contribution in [0.4, 0.5) is 0 Å². The van der Waals surface area contributed by atoms with Gasteiger partial charge in [-0.3, -0.25) is 9.13 Å². The minimum atomic E-state index is -1.45. The second-order valence-corrected chi connectivity index (χ2v) is 23.5. The summed E-state index contributed by atoms with van der Waals surface area (Å²) in [6.07, 6.45) is 3.65. The molecule has 416 valence electrons. The van der Waals surface area contributed by atoms with Crippen LogP contribution in [0.25, 0.3) is 153 Å². The van der Waals surface area contributed by atoms with E-state index in [9.17, 15) is 10.0 Å². The standard InChI is InChI=1S/C36H20BrN5.C22H11Br2N5.C14H11BO2/c37-36-40-33(31-24-10-3-1-8-22(24)20-23-9-2-4-11-25(23)31)28-17-15-21-16-18-30(39-32(21)34(28)41-36)42-29-14-6-5-12-26(29)27-13-7-19-38-35(27)42;23-20-15-9-7-12-8-10-17(26-18(12)19(15)27-22(24)28-20)29-16-6-2-1-4-13(16)14-5-3-11-25-21(14)29;16-15(17)14-12-7-3-1-5-10(12)9-11-6-2-4-8-13(11)14/h1-20H;1-11H;1-9,16-17H. The number of aromatic nitrogens is 10. The molecule has 12 nitrogen and oxygen atoms in total. The van der Waals surface area contributed by atoms with E-state index in [1.165, 1.54) is 10.8 Å². The Morgan fingerprint density at radius 1 is 0.318 bits per heavy atom. The highest BCUT2D eigenvalue weighted by molar-refractivity contribution is 9.11. The van der Waals surface area contributed by atoms with Crippen LogP contribution in [0.5, 0.6) is 0 Å². The number of rotatable bonds is 4. The highest BCUT2D eigenvalue weighted by Gasteiger charge is 2.22. The van der Waals surface area contributed by atoms with E-state index in [0.29, 0.717) is 14.9 Å². The quantitative estimate of drug-likeness (QED) is 0.0572. The fourth-order valence-electron chi connectivity index (χ4n) is 12.5. The molecule has 10 aromatic carbocycles. The van der Waals surface area contributed by atoms with Gasteiger partial charge in [-0.05, 0) is 181 Å². The lowest BCUT2D eigenvalue weighted by Gasteiger charge is -2.15. The smallest absolute Gasteiger partial charge is 0.423 e. The molecule has 8 heterocycles. The van der Waals surface area contributed by atoms with Crippen molar-refractivity contribution in [3.63, 3.8) is 0 Å². The molecule has 16 heteroatoms. The van der Waals surface area contributed by atoms with Crippen molar-refractivity contribution in [2.24, 2.45) is 0 Å². The van der Waals surface area contributed by atoms with Gasteiger partial charge in [-0.25, -0.2) is 39.9 Å². The van der Waals surface area contributed by atoms with Crippen LogP contribution in [0.3, 0.4) is 0 Å². The predicted octanol–water partition coefficient (Wildman–Crippen LogP) is 17.3. The summed E-state index contributed by atoms with van der Waals surface area (Å²) in [4.78, 5) is 38.5. The average molecular weight is 1330 g/mol. The zero-order chi connectivity index (χ0) is 59.1. The van der Waals surface area contributed by atoms with E-state index in [1.807, 2.05) is 103 Å². The summed E-state index contributed by atoms with van der Waals surface area (Å²) in [7, 11) is -1.45. The van der Waals surface area contributed by atoms with Crippen LogP contribution in [0.15, 0.2) is 257 Å². The highest BCUT2D eigenvalue weighted by atomic mass is 79.9. The van der Waals surface area contributed by atoms with Gasteiger partial charge in [0, 0.05) is 61.0 Å². The minimum Gasteiger partial charge on any atom is -0.423 e. The van der Waals surface area contributed by atoms with Gasteiger partial charge in [-0.2, -0.15) is 0 Å². The summed E-state index contributed by atoms with van der Waals surface area (Å²) >= 11 is 10.6. The van der Waals surface area contributed by atoms with Gasteiger partial charge in [0.1, 0.15) is 38.6 Å². The average Bonchev–Trinajstić information content (AvgIpc) is 2.24. The van der Waals surface area contributed by atoms with Gasteiger partial charge in [0.25, 0.3) is 0 Å². The molecular weight excluding hydrogens is 1290 g/mol. The zero-order valence-electron chi connectivity index (χ0n) is 46.2. The molecule has 88 heavy (non-hydrogen) atoms. The SMILES string of the molecule is Brc1nc(-c2c3ccccc3cc3ccccc23)c2ccc3ccc(-n4c5ccccc5c5cccnc54)nc3c2n1.Brc1nc(Br)c2ccc3ccc(-n4c5ccccc5c5cccnc54)nc3c2n1.OB(O)c1c2ccccc2cc2ccccc12. The summed E-state index contributed by atoms with van der Waals surface area (Å²) in [5.41, 5.74) is 9.71. The van der Waals surface area contributed by atoms with E-state index < -0.39 is 7.12 Å². The largest absolute Gasteiger partial charge is 0.489 e. The van der Waals surface area contributed by atoms with Crippen molar-refractivity contribution < 1.29 is 10.0 Å². The van der Waals surface area contributed by atoms with Crippen LogP contribution in [0, 0.1) is 0 Å². The van der Waals surface area contributed by atoms with Gasteiger partial charge in [0.2, 0.25) is 0 Å². The van der Waals surface area contributed by atoms with Gasteiger partial charge in [0.15, 0.2) is 9.47 Å². The van der Waals surface area contributed by atoms with Crippen molar-refractivity contribution in [3.8, 4) is 22.9 Å². The number of para-hydroxylation sites is 2. The third-order valence-corrected chi connectivity index (χ3v) is 17.6. The predicted molar refractivity (Wildman–Crippen MR) is 369 cm³/mol. The molecule has 0 aliphatic carbocycles. The normalized spacial score (nSPS) is 11.7. The fourth-order valence-corrected chi connectivity index (χ4v) is 14.0. The Balaban J connectivity index is 0.000000117. The summed E-state index contributed by atoms with van der Waals surface area (Å²) < 4.78 is 6.03. The molecule has 0 aliphatic heterocycles.